The molecule has 0 atom stereocenters. The molecule has 0 radical (unpaired) electrons. The van der Waals surface area contributed by atoms with Gasteiger partial charge in [0, 0.05) is 9.79 Å². The third kappa shape index (κ3) is 2.33. The first-order chi connectivity index (χ1) is 9.88. The summed E-state index contributed by atoms with van der Waals surface area (Å²) in [6.45, 7) is 0. The molecule has 0 aromatic heterocycles. The number of alkyl halides is 3. The van der Waals surface area contributed by atoms with Crippen LogP contribution in [0, 0.1) is 0 Å². The normalized spacial score (nSPS) is 13.1. The van der Waals surface area contributed by atoms with E-state index in [4.69, 9.17) is 5.11 Å². The van der Waals surface area contributed by atoms with Gasteiger partial charge in [-0.15, -0.1) is 0 Å². The van der Waals surface area contributed by atoms with Crippen LogP contribution < -0.4 is 5.32 Å². The highest BCUT2D eigenvalue weighted by molar-refractivity contribution is 7.99. The average Bonchev–Trinajstić information content (AvgIpc) is 2.42. The number of hydrogen-bond donors (Lipinski definition) is 2. The van der Waals surface area contributed by atoms with Crippen molar-refractivity contribution in [2.45, 2.75) is 16.0 Å². The van der Waals surface area contributed by atoms with Crippen molar-refractivity contribution in [1.82, 2.24) is 0 Å². The van der Waals surface area contributed by atoms with E-state index in [9.17, 15) is 18.0 Å². The van der Waals surface area contributed by atoms with Crippen LogP contribution in [0.2, 0.25) is 0 Å². The van der Waals surface area contributed by atoms with E-state index in [0.717, 1.165) is 17.8 Å². The maximum absolute atomic E-state index is 13.0. The third-order valence-corrected chi connectivity index (χ3v) is 4.25. The van der Waals surface area contributed by atoms with Crippen LogP contribution in [0.1, 0.15) is 15.9 Å². The number of carboxylic acids is 1. The molecule has 0 spiro atoms. The van der Waals surface area contributed by atoms with E-state index in [0.29, 0.717) is 10.6 Å². The zero-order valence-electron chi connectivity index (χ0n) is 10.4. The van der Waals surface area contributed by atoms with Gasteiger partial charge in [-0.05, 0) is 24.3 Å². The summed E-state index contributed by atoms with van der Waals surface area (Å²) in [6, 6.07) is 8.32. The Kier molecular flexibility index (Phi) is 3.09. The number of carboxylic acid groups (broad SMARTS) is 1. The van der Waals surface area contributed by atoms with Crippen molar-refractivity contribution in [3.05, 3.63) is 47.5 Å². The number of anilines is 2. The van der Waals surface area contributed by atoms with Gasteiger partial charge in [-0.25, -0.2) is 4.79 Å². The molecule has 1 aliphatic heterocycles. The highest BCUT2D eigenvalue weighted by Crippen LogP contribution is 2.50. The Morgan fingerprint density at radius 3 is 2.52 bits per heavy atom. The summed E-state index contributed by atoms with van der Waals surface area (Å²) in [6.07, 6.45) is -4.46. The minimum atomic E-state index is -4.46. The lowest BCUT2D eigenvalue weighted by atomic mass is 10.1. The molecule has 3 nitrogen and oxygen atoms in total. The highest BCUT2D eigenvalue weighted by Gasteiger charge is 2.36. The highest BCUT2D eigenvalue weighted by atomic mass is 32.2. The van der Waals surface area contributed by atoms with Crippen molar-refractivity contribution < 1.29 is 23.1 Å². The number of aromatic carboxylic acids is 1. The fourth-order valence-corrected chi connectivity index (χ4v) is 3.29. The molecule has 0 bridgehead atoms. The molecule has 2 N–H and O–H groups in total. The Morgan fingerprint density at radius 2 is 1.86 bits per heavy atom. The summed E-state index contributed by atoms with van der Waals surface area (Å²) in [5, 5.41) is 11.9. The van der Waals surface area contributed by atoms with Crippen LogP contribution in [-0.4, -0.2) is 11.1 Å². The van der Waals surface area contributed by atoms with Crippen molar-refractivity contribution in [1.29, 1.82) is 0 Å². The van der Waals surface area contributed by atoms with E-state index >= 15 is 0 Å². The summed E-state index contributed by atoms with van der Waals surface area (Å²) in [5.74, 6) is -1.13. The summed E-state index contributed by atoms with van der Waals surface area (Å²) in [4.78, 5) is 11.7. The summed E-state index contributed by atoms with van der Waals surface area (Å²) >= 11 is 0.922. The lowest BCUT2D eigenvalue weighted by Gasteiger charge is -2.24. The van der Waals surface area contributed by atoms with Crippen LogP contribution in [0.15, 0.2) is 46.2 Å². The molecule has 3 rings (SSSR count). The van der Waals surface area contributed by atoms with E-state index in [2.05, 4.69) is 5.32 Å². The number of nitrogens with one attached hydrogen (secondary N) is 1. The summed E-state index contributed by atoms with van der Waals surface area (Å²) in [5.41, 5.74) is -0.121. The van der Waals surface area contributed by atoms with Crippen LogP contribution in [0.4, 0.5) is 24.5 Å². The van der Waals surface area contributed by atoms with Gasteiger partial charge in [-0.2, -0.15) is 13.2 Å². The molecule has 0 saturated heterocycles. The van der Waals surface area contributed by atoms with Gasteiger partial charge in [0.15, 0.2) is 0 Å². The Morgan fingerprint density at radius 1 is 1.14 bits per heavy atom. The summed E-state index contributed by atoms with van der Waals surface area (Å²) in [7, 11) is 0. The monoisotopic (exact) mass is 311 g/mol. The maximum Gasteiger partial charge on any atom is 0.417 e. The molecule has 0 saturated carbocycles. The number of hydrogen-bond acceptors (Lipinski definition) is 3. The second-order valence-electron chi connectivity index (χ2n) is 4.39. The van der Waals surface area contributed by atoms with Crippen molar-refractivity contribution in [3.63, 3.8) is 0 Å². The SMILES string of the molecule is O=C(O)c1cccc2c1Nc1cccc(C(F)(F)F)c1S2. The van der Waals surface area contributed by atoms with E-state index in [1.165, 1.54) is 24.3 Å². The molecule has 0 unspecified atom stereocenters. The first-order valence-corrected chi connectivity index (χ1v) is 6.71. The number of para-hydroxylation sites is 1. The zero-order valence-corrected chi connectivity index (χ0v) is 11.2. The average molecular weight is 311 g/mol. The van der Waals surface area contributed by atoms with Crippen LogP contribution in [0.3, 0.4) is 0 Å². The molecule has 2 aromatic carbocycles. The Bertz CT molecular complexity index is 743. The minimum absolute atomic E-state index is 0.0306. The molecule has 0 amide bonds. The molecule has 108 valence electrons. The summed E-state index contributed by atoms with van der Waals surface area (Å²) < 4.78 is 39.1. The molecule has 2 aromatic rings. The predicted octanol–water partition coefficient (Wildman–Crippen LogP) is 4.61. The Hall–Kier alpha value is -2.15. The van der Waals surface area contributed by atoms with Crippen LogP contribution in [0.25, 0.3) is 0 Å². The molecular formula is C14H8F3NO2S. The van der Waals surface area contributed by atoms with E-state index in [1.54, 1.807) is 6.07 Å². The lowest BCUT2D eigenvalue weighted by molar-refractivity contribution is -0.139. The van der Waals surface area contributed by atoms with Crippen LogP contribution in [0.5, 0.6) is 0 Å². The number of rotatable bonds is 1. The molecule has 21 heavy (non-hydrogen) atoms. The lowest BCUT2D eigenvalue weighted by Crippen LogP contribution is -2.12. The second-order valence-corrected chi connectivity index (χ2v) is 5.44. The van der Waals surface area contributed by atoms with Gasteiger partial charge in [0.1, 0.15) is 0 Å². The zero-order chi connectivity index (χ0) is 15.2. The largest absolute Gasteiger partial charge is 0.478 e. The van der Waals surface area contributed by atoms with Crippen LogP contribution in [-0.2, 0) is 6.18 Å². The smallest absolute Gasteiger partial charge is 0.417 e. The standard InChI is InChI=1S/C14H8F3NO2S/c15-14(16,17)8-4-2-5-9-12(8)21-10-6-1-3-7(13(19)20)11(10)18-9/h1-6,18H,(H,19,20). The van der Waals surface area contributed by atoms with Gasteiger partial charge < -0.3 is 10.4 Å². The van der Waals surface area contributed by atoms with Crippen molar-refractivity contribution in [3.8, 4) is 0 Å². The number of fused-ring (bicyclic) bond motifs is 2. The predicted molar refractivity (Wildman–Crippen MR) is 72.3 cm³/mol. The minimum Gasteiger partial charge on any atom is -0.478 e. The molecule has 1 aliphatic rings. The van der Waals surface area contributed by atoms with Gasteiger partial charge in [0.2, 0.25) is 0 Å². The second kappa shape index (κ2) is 4.70. The number of halogens is 3. The number of carbonyl (C=O) groups is 1. The van der Waals surface area contributed by atoms with Gasteiger partial charge in [-0.1, -0.05) is 23.9 Å². The molecule has 0 aliphatic carbocycles. The van der Waals surface area contributed by atoms with Crippen molar-refractivity contribution in [2.24, 2.45) is 0 Å². The van der Waals surface area contributed by atoms with Crippen LogP contribution >= 0.6 is 11.8 Å². The maximum atomic E-state index is 13.0. The first-order valence-electron chi connectivity index (χ1n) is 5.89. The van der Waals surface area contributed by atoms with E-state index in [-0.39, 0.29) is 16.1 Å². The fraction of sp³-hybridized carbons (Fsp3) is 0.0714. The third-order valence-electron chi connectivity index (χ3n) is 3.05. The van der Waals surface area contributed by atoms with Gasteiger partial charge in [0.25, 0.3) is 0 Å². The fourth-order valence-electron chi connectivity index (χ4n) is 2.14. The van der Waals surface area contributed by atoms with Gasteiger partial charge >= 0.3 is 12.1 Å². The van der Waals surface area contributed by atoms with Gasteiger partial charge in [0.05, 0.1) is 22.5 Å². The topological polar surface area (TPSA) is 49.3 Å². The van der Waals surface area contributed by atoms with Crippen molar-refractivity contribution >= 4 is 29.1 Å². The molecule has 1 heterocycles. The van der Waals surface area contributed by atoms with E-state index < -0.39 is 17.7 Å². The van der Waals surface area contributed by atoms with Gasteiger partial charge in [-0.3, -0.25) is 0 Å². The quantitative estimate of drug-likeness (QED) is 0.689. The van der Waals surface area contributed by atoms with E-state index in [1.807, 2.05) is 0 Å². The van der Waals surface area contributed by atoms with Crippen molar-refractivity contribution in [2.75, 3.05) is 5.32 Å². The molecule has 7 heteroatoms. The Balaban J connectivity index is 2.15. The Labute approximate surface area is 121 Å². The first kappa shape index (κ1) is 13.8. The molecule has 0 fully saturated rings. The molecular weight excluding hydrogens is 303 g/mol. The number of benzene rings is 2.